The molecule has 12 nitrogen and oxygen atoms in total. The molecule has 44 heavy (non-hydrogen) atoms. The number of aliphatic carboxylic acids is 1. The monoisotopic (exact) mass is 628 g/mol. The number of amides is 3. The molecular weight excluding hydrogens is 588 g/mol. The van der Waals surface area contributed by atoms with Gasteiger partial charge in [-0.05, 0) is 83.2 Å². The van der Waals surface area contributed by atoms with E-state index in [0.717, 1.165) is 9.87 Å². The number of sulfonamides is 1. The van der Waals surface area contributed by atoms with Crippen LogP contribution in [0.3, 0.4) is 0 Å². The molecule has 2 aliphatic rings. The number of carboxylic acids is 1. The first-order valence-electron chi connectivity index (χ1n) is 14.7. The number of likely N-dealkylation sites (tertiary alicyclic amines) is 1. The molecule has 3 atom stereocenters. The second kappa shape index (κ2) is 13.3. The Kier molecular flexibility index (Phi) is 9.99. The predicted octanol–water partition coefficient (Wildman–Crippen LogP) is 3.30. The number of benzene rings is 2. The molecule has 0 aromatic heterocycles. The normalized spacial score (nSPS) is 19.8. The highest BCUT2D eigenvalue weighted by atomic mass is 32.2. The van der Waals surface area contributed by atoms with Crippen molar-refractivity contribution in [1.82, 2.24) is 14.5 Å². The SMILES string of the molecule is Cc1ccc(S(=O)(=O)N2CCC[C@H]2C(=O)N[C@@H](Cc2ccc(NC(=O)C3CCCN3C(=O)OC(C)(C)C)cc2)C(=O)O)cc1. The van der Waals surface area contributed by atoms with Crippen LogP contribution >= 0.6 is 0 Å². The van der Waals surface area contributed by atoms with Crippen molar-refractivity contribution in [2.24, 2.45) is 0 Å². The van der Waals surface area contributed by atoms with E-state index in [0.29, 0.717) is 37.1 Å². The first-order chi connectivity index (χ1) is 20.7. The molecule has 0 saturated carbocycles. The lowest BCUT2D eigenvalue weighted by Gasteiger charge is -2.28. The highest BCUT2D eigenvalue weighted by Gasteiger charge is 2.41. The standard InChI is InChI=1S/C31H40N4O8S/c1-20-9-15-23(16-10-20)44(41,42)35-18-6-8-26(35)28(37)33-24(29(38)39)19-21-11-13-22(14-12-21)32-27(36)25-7-5-17-34(25)30(40)43-31(2,3)4/h9-16,24-26H,5-8,17-19H2,1-4H3,(H,32,36)(H,33,37)(H,38,39)/t24-,25?,26-/m0/s1. The van der Waals surface area contributed by atoms with E-state index in [1.54, 1.807) is 57.2 Å². The van der Waals surface area contributed by atoms with Crippen molar-refractivity contribution in [3.63, 3.8) is 0 Å². The van der Waals surface area contributed by atoms with Gasteiger partial charge in [-0.2, -0.15) is 4.31 Å². The number of hydrogen-bond donors (Lipinski definition) is 3. The van der Waals surface area contributed by atoms with Gasteiger partial charge in [0.15, 0.2) is 0 Å². The number of rotatable bonds is 9. The molecule has 13 heteroatoms. The summed E-state index contributed by atoms with van der Waals surface area (Å²) in [5.74, 6) is -2.27. The van der Waals surface area contributed by atoms with Gasteiger partial charge in [0, 0.05) is 25.2 Å². The molecule has 0 bridgehead atoms. The molecule has 238 valence electrons. The summed E-state index contributed by atoms with van der Waals surface area (Å²) in [5.41, 5.74) is 1.27. The first-order valence-corrected chi connectivity index (χ1v) is 16.1. The van der Waals surface area contributed by atoms with Crippen LogP contribution in [0.5, 0.6) is 0 Å². The van der Waals surface area contributed by atoms with Crippen molar-refractivity contribution in [3.8, 4) is 0 Å². The van der Waals surface area contributed by atoms with E-state index < -0.39 is 51.7 Å². The average molecular weight is 629 g/mol. The van der Waals surface area contributed by atoms with E-state index in [1.165, 1.54) is 17.0 Å². The van der Waals surface area contributed by atoms with Gasteiger partial charge in [0.1, 0.15) is 23.7 Å². The minimum atomic E-state index is -3.94. The Morgan fingerprint density at radius 1 is 0.932 bits per heavy atom. The number of carbonyl (C=O) groups is 4. The van der Waals surface area contributed by atoms with E-state index in [9.17, 15) is 32.7 Å². The van der Waals surface area contributed by atoms with Crippen LogP contribution < -0.4 is 10.6 Å². The van der Waals surface area contributed by atoms with Crippen LogP contribution in [0.4, 0.5) is 10.5 Å². The van der Waals surface area contributed by atoms with Gasteiger partial charge in [0.25, 0.3) is 0 Å². The van der Waals surface area contributed by atoms with Crippen LogP contribution in [0.15, 0.2) is 53.4 Å². The quantitative estimate of drug-likeness (QED) is 0.381. The highest BCUT2D eigenvalue weighted by Crippen LogP contribution is 2.27. The summed E-state index contributed by atoms with van der Waals surface area (Å²) in [6.45, 7) is 7.71. The van der Waals surface area contributed by atoms with E-state index in [1.807, 2.05) is 6.92 Å². The fraction of sp³-hybridized carbons (Fsp3) is 0.484. The maximum atomic E-state index is 13.2. The van der Waals surface area contributed by atoms with Crippen molar-refractivity contribution >= 4 is 39.6 Å². The Labute approximate surface area is 257 Å². The summed E-state index contributed by atoms with van der Waals surface area (Å²) < 4.78 is 33.1. The first kappa shape index (κ1) is 32.9. The number of carbonyl (C=O) groups excluding carboxylic acids is 3. The van der Waals surface area contributed by atoms with Crippen LogP contribution in [0.25, 0.3) is 0 Å². The second-order valence-electron chi connectivity index (χ2n) is 12.2. The molecular formula is C31H40N4O8S. The van der Waals surface area contributed by atoms with Gasteiger partial charge in [-0.1, -0.05) is 29.8 Å². The molecule has 0 spiro atoms. The zero-order valence-corrected chi connectivity index (χ0v) is 26.2. The molecule has 4 rings (SSSR count). The van der Waals surface area contributed by atoms with Gasteiger partial charge in [-0.3, -0.25) is 14.5 Å². The summed E-state index contributed by atoms with van der Waals surface area (Å²) in [4.78, 5) is 52.3. The zero-order chi connectivity index (χ0) is 32.2. The van der Waals surface area contributed by atoms with Gasteiger partial charge < -0.3 is 20.5 Å². The minimum Gasteiger partial charge on any atom is -0.480 e. The molecule has 2 aliphatic heterocycles. The van der Waals surface area contributed by atoms with Gasteiger partial charge in [0.2, 0.25) is 21.8 Å². The fourth-order valence-corrected chi connectivity index (χ4v) is 7.02. The van der Waals surface area contributed by atoms with E-state index in [-0.39, 0.29) is 30.2 Å². The number of nitrogens with zero attached hydrogens (tertiary/aromatic N) is 2. The maximum absolute atomic E-state index is 13.2. The summed E-state index contributed by atoms with van der Waals surface area (Å²) >= 11 is 0. The summed E-state index contributed by atoms with van der Waals surface area (Å²) in [5, 5.41) is 15.2. The molecule has 3 amide bonds. The largest absolute Gasteiger partial charge is 0.480 e. The summed E-state index contributed by atoms with van der Waals surface area (Å²) in [6, 6.07) is 9.89. The molecule has 2 aromatic carbocycles. The minimum absolute atomic E-state index is 0.0538. The van der Waals surface area contributed by atoms with Crippen LogP contribution in [-0.4, -0.2) is 83.4 Å². The molecule has 2 saturated heterocycles. The number of ether oxygens (including phenoxy) is 1. The van der Waals surface area contributed by atoms with Crippen LogP contribution in [0.1, 0.15) is 57.6 Å². The summed E-state index contributed by atoms with van der Waals surface area (Å²) in [7, 11) is -3.94. The molecule has 2 fully saturated rings. The zero-order valence-electron chi connectivity index (χ0n) is 25.4. The van der Waals surface area contributed by atoms with Crippen LogP contribution in [0, 0.1) is 6.92 Å². The van der Waals surface area contributed by atoms with E-state index >= 15 is 0 Å². The highest BCUT2D eigenvalue weighted by molar-refractivity contribution is 7.89. The number of anilines is 1. The molecule has 2 aromatic rings. The van der Waals surface area contributed by atoms with Gasteiger partial charge in [0.05, 0.1) is 4.90 Å². The van der Waals surface area contributed by atoms with Crippen molar-refractivity contribution < 1.29 is 37.4 Å². The van der Waals surface area contributed by atoms with Crippen molar-refractivity contribution in [2.75, 3.05) is 18.4 Å². The van der Waals surface area contributed by atoms with Crippen molar-refractivity contribution in [3.05, 3.63) is 59.7 Å². The molecule has 0 aliphatic carbocycles. The Morgan fingerprint density at radius 3 is 2.16 bits per heavy atom. The molecule has 0 radical (unpaired) electrons. The number of carboxylic acid groups (broad SMARTS) is 1. The van der Waals surface area contributed by atoms with E-state index in [4.69, 9.17) is 4.74 Å². The lowest BCUT2D eigenvalue weighted by molar-refractivity contribution is -0.142. The van der Waals surface area contributed by atoms with Crippen molar-refractivity contribution in [2.45, 2.75) is 88.4 Å². The number of aryl methyl sites for hydroxylation is 1. The molecule has 1 unspecified atom stereocenters. The maximum Gasteiger partial charge on any atom is 0.410 e. The average Bonchev–Trinajstić information content (AvgIpc) is 3.64. The lowest BCUT2D eigenvalue weighted by atomic mass is 10.0. The molecule has 3 N–H and O–H groups in total. The Bertz CT molecular complexity index is 1490. The lowest BCUT2D eigenvalue weighted by Crippen LogP contribution is -2.51. The smallest absolute Gasteiger partial charge is 0.410 e. The third-order valence-corrected chi connectivity index (χ3v) is 9.52. The van der Waals surface area contributed by atoms with E-state index in [2.05, 4.69) is 10.6 Å². The number of nitrogens with one attached hydrogen (secondary N) is 2. The number of hydrogen-bond acceptors (Lipinski definition) is 7. The Hall–Kier alpha value is -3.97. The fourth-order valence-electron chi connectivity index (χ4n) is 5.37. The third kappa shape index (κ3) is 7.94. The Balaban J connectivity index is 1.37. The molecule has 2 heterocycles. The van der Waals surface area contributed by atoms with Gasteiger partial charge in [-0.25, -0.2) is 18.0 Å². The summed E-state index contributed by atoms with van der Waals surface area (Å²) in [6.07, 6.45) is 1.35. The van der Waals surface area contributed by atoms with Gasteiger partial charge in [-0.15, -0.1) is 0 Å². The van der Waals surface area contributed by atoms with Crippen LogP contribution in [-0.2, 0) is 35.6 Å². The third-order valence-electron chi connectivity index (χ3n) is 7.59. The topological polar surface area (TPSA) is 162 Å². The predicted molar refractivity (Wildman–Crippen MR) is 162 cm³/mol. The second-order valence-corrected chi connectivity index (χ2v) is 14.1. The Morgan fingerprint density at radius 2 is 1.55 bits per heavy atom. The van der Waals surface area contributed by atoms with Crippen LogP contribution in [0.2, 0.25) is 0 Å². The van der Waals surface area contributed by atoms with Crippen molar-refractivity contribution in [1.29, 1.82) is 0 Å². The van der Waals surface area contributed by atoms with Gasteiger partial charge >= 0.3 is 12.1 Å².